The fourth-order valence-corrected chi connectivity index (χ4v) is 2.53. The fraction of sp³-hybridized carbons (Fsp3) is 0.857. The minimum atomic E-state index is -4.14. The summed E-state index contributed by atoms with van der Waals surface area (Å²) >= 11 is 0. The van der Waals surface area contributed by atoms with E-state index >= 15 is 0 Å². The van der Waals surface area contributed by atoms with Crippen molar-refractivity contribution in [2.24, 2.45) is 5.92 Å². The molecule has 0 bridgehead atoms. The Morgan fingerprint density at radius 1 is 1.20 bits per heavy atom. The second-order valence-electron chi connectivity index (χ2n) is 5.46. The SMILES string of the molecule is CCCC(=O)OCC(CO[P+](O)(O)OCC[NH3+])CC(=O)C(F)(F)CC. The molecule has 1 unspecified atom stereocenters. The van der Waals surface area contributed by atoms with E-state index in [2.05, 4.69) is 10.3 Å². The largest absolute Gasteiger partial charge is 0.570 e. The van der Waals surface area contributed by atoms with Crippen LogP contribution in [-0.2, 0) is 23.4 Å². The van der Waals surface area contributed by atoms with Gasteiger partial charge < -0.3 is 10.5 Å². The summed E-state index contributed by atoms with van der Waals surface area (Å²) in [5.41, 5.74) is 3.46. The molecule has 0 spiro atoms. The summed E-state index contributed by atoms with van der Waals surface area (Å²) in [6.07, 6.45) is -0.585. The van der Waals surface area contributed by atoms with E-state index in [0.29, 0.717) is 6.42 Å². The molecule has 11 heteroatoms. The van der Waals surface area contributed by atoms with Crippen molar-refractivity contribution in [3.05, 3.63) is 0 Å². The average Bonchev–Trinajstić information content (AvgIpc) is 2.55. The monoisotopic (exact) mass is 391 g/mol. The minimum Gasteiger partial charge on any atom is -0.465 e. The molecular weight excluding hydrogens is 363 g/mol. The zero-order valence-corrected chi connectivity index (χ0v) is 15.5. The van der Waals surface area contributed by atoms with Crippen LogP contribution in [0, 0.1) is 5.92 Å². The van der Waals surface area contributed by atoms with E-state index in [-0.39, 0.29) is 26.2 Å². The smallest absolute Gasteiger partial charge is 0.465 e. The lowest BCUT2D eigenvalue weighted by molar-refractivity contribution is -0.371. The van der Waals surface area contributed by atoms with Crippen LogP contribution in [0.5, 0.6) is 0 Å². The van der Waals surface area contributed by atoms with Crippen LogP contribution >= 0.6 is 8.17 Å². The van der Waals surface area contributed by atoms with Crippen molar-refractivity contribution in [1.82, 2.24) is 0 Å². The van der Waals surface area contributed by atoms with Crippen molar-refractivity contribution in [2.75, 3.05) is 26.4 Å². The number of ketones is 1. The number of alkyl halides is 2. The molecular formula is C14H28F2NO7P+2. The molecule has 0 saturated carbocycles. The first kappa shape index (κ1) is 24.2. The van der Waals surface area contributed by atoms with E-state index in [4.69, 9.17) is 9.26 Å². The van der Waals surface area contributed by atoms with Crippen LogP contribution in [0.2, 0.25) is 0 Å². The number of hydrogen-bond donors (Lipinski definition) is 3. The van der Waals surface area contributed by atoms with E-state index < -0.39 is 51.2 Å². The molecule has 1 atom stereocenters. The Bertz CT molecular complexity index is 424. The number of hydrogen-bond acceptors (Lipinski definition) is 7. The highest BCUT2D eigenvalue weighted by molar-refractivity contribution is 7.54. The fourth-order valence-electron chi connectivity index (χ4n) is 1.68. The van der Waals surface area contributed by atoms with E-state index in [0.717, 1.165) is 0 Å². The zero-order valence-electron chi connectivity index (χ0n) is 14.6. The van der Waals surface area contributed by atoms with Crippen LogP contribution in [0.4, 0.5) is 8.78 Å². The Kier molecular flexibility index (Phi) is 11.4. The Labute approximate surface area is 146 Å². The van der Waals surface area contributed by atoms with Crippen molar-refractivity contribution < 1.29 is 47.7 Å². The normalized spacial score (nSPS) is 13.6. The van der Waals surface area contributed by atoms with Crippen molar-refractivity contribution in [3.63, 3.8) is 0 Å². The quantitative estimate of drug-likeness (QED) is 0.296. The van der Waals surface area contributed by atoms with Gasteiger partial charge >= 0.3 is 20.1 Å². The standard InChI is InChI=1S/C14H27F2NO7P/c1-3-5-13(19)22-9-11(8-12(18)14(15,16)4-2)10-24-25(20,21)23-7-6-17/h11,20-21H,3-10,17H2,1-2H3/q+1/p+1. The Hall–Kier alpha value is -0.770. The molecule has 0 amide bonds. The number of rotatable bonds is 14. The van der Waals surface area contributed by atoms with Crippen LogP contribution in [0.25, 0.3) is 0 Å². The number of quaternary nitrogens is 1. The second kappa shape index (κ2) is 11.8. The van der Waals surface area contributed by atoms with Crippen LogP contribution in [-0.4, -0.2) is 53.8 Å². The van der Waals surface area contributed by atoms with Gasteiger partial charge in [0, 0.05) is 25.2 Å². The van der Waals surface area contributed by atoms with Crippen molar-refractivity contribution >= 4 is 19.9 Å². The third kappa shape index (κ3) is 10.7. The van der Waals surface area contributed by atoms with Crippen molar-refractivity contribution in [1.29, 1.82) is 0 Å². The maximum atomic E-state index is 13.4. The van der Waals surface area contributed by atoms with Gasteiger partial charge in [-0.2, -0.15) is 23.1 Å². The van der Waals surface area contributed by atoms with Crippen LogP contribution < -0.4 is 5.73 Å². The maximum absolute atomic E-state index is 13.4. The van der Waals surface area contributed by atoms with E-state index in [1.54, 1.807) is 6.92 Å². The first-order valence-electron chi connectivity index (χ1n) is 8.07. The summed E-state index contributed by atoms with van der Waals surface area (Å²) in [6, 6.07) is 0. The van der Waals surface area contributed by atoms with Gasteiger partial charge in [0.05, 0.1) is 6.61 Å². The Morgan fingerprint density at radius 2 is 1.84 bits per heavy atom. The first-order chi connectivity index (χ1) is 11.6. The highest BCUT2D eigenvalue weighted by Crippen LogP contribution is 2.52. The van der Waals surface area contributed by atoms with E-state index in [1.807, 2.05) is 0 Å². The molecule has 5 N–H and O–H groups in total. The van der Waals surface area contributed by atoms with Gasteiger partial charge in [0.1, 0.15) is 19.8 Å². The van der Waals surface area contributed by atoms with Gasteiger partial charge in [0.15, 0.2) is 0 Å². The van der Waals surface area contributed by atoms with Gasteiger partial charge in [-0.05, 0) is 6.42 Å². The third-order valence-corrected chi connectivity index (χ3v) is 4.15. The highest BCUT2D eigenvalue weighted by Gasteiger charge is 2.42. The van der Waals surface area contributed by atoms with E-state index in [9.17, 15) is 28.2 Å². The minimum absolute atomic E-state index is 0.0657. The number of carbonyl (C=O) groups is 2. The summed E-state index contributed by atoms with van der Waals surface area (Å²) in [4.78, 5) is 42.2. The molecule has 0 aliphatic rings. The van der Waals surface area contributed by atoms with E-state index in [1.165, 1.54) is 6.92 Å². The van der Waals surface area contributed by atoms with Gasteiger partial charge in [-0.15, -0.1) is 4.52 Å². The van der Waals surface area contributed by atoms with Gasteiger partial charge in [0.25, 0.3) is 0 Å². The predicted molar refractivity (Wildman–Crippen MR) is 85.2 cm³/mol. The van der Waals surface area contributed by atoms with Gasteiger partial charge in [-0.25, -0.2) is 0 Å². The molecule has 0 rings (SSSR count). The third-order valence-electron chi connectivity index (χ3n) is 3.14. The van der Waals surface area contributed by atoms with Gasteiger partial charge in [-0.3, -0.25) is 9.59 Å². The lowest BCUT2D eigenvalue weighted by Gasteiger charge is -2.19. The molecule has 25 heavy (non-hydrogen) atoms. The molecule has 0 radical (unpaired) electrons. The summed E-state index contributed by atoms with van der Waals surface area (Å²) in [5.74, 6) is -6.31. The summed E-state index contributed by atoms with van der Waals surface area (Å²) in [6.45, 7) is 2.32. The first-order valence-corrected chi connectivity index (χ1v) is 9.60. The molecule has 0 aromatic carbocycles. The Morgan fingerprint density at radius 3 is 2.36 bits per heavy atom. The van der Waals surface area contributed by atoms with Crippen LogP contribution in [0.3, 0.4) is 0 Å². The zero-order chi connectivity index (χ0) is 19.5. The summed E-state index contributed by atoms with van der Waals surface area (Å²) in [7, 11) is -4.14. The molecule has 0 aromatic heterocycles. The Balaban J connectivity index is 4.77. The molecule has 0 saturated heterocycles. The molecule has 0 aliphatic heterocycles. The predicted octanol–water partition coefficient (Wildman–Crippen LogP) is 0.888. The molecule has 148 valence electrons. The van der Waals surface area contributed by atoms with Crippen molar-refractivity contribution in [3.8, 4) is 0 Å². The second-order valence-corrected chi connectivity index (χ2v) is 6.96. The number of Topliss-reactive ketones (excluding diaryl/α,β-unsaturated/α-hetero) is 1. The lowest BCUT2D eigenvalue weighted by atomic mass is 9.99. The number of esters is 1. The molecule has 0 aromatic rings. The van der Waals surface area contributed by atoms with Crippen LogP contribution in [0.15, 0.2) is 0 Å². The number of halogens is 2. The van der Waals surface area contributed by atoms with Gasteiger partial charge in [0.2, 0.25) is 5.78 Å². The topological polar surface area (TPSA) is 130 Å². The van der Waals surface area contributed by atoms with Crippen molar-refractivity contribution in [2.45, 2.75) is 45.5 Å². The number of carbonyl (C=O) groups excluding carboxylic acids is 2. The lowest BCUT2D eigenvalue weighted by Crippen LogP contribution is -2.52. The van der Waals surface area contributed by atoms with Gasteiger partial charge in [-0.1, -0.05) is 13.8 Å². The van der Waals surface area contributed by atoms with Crippen LogP contribution in [0.1, 0.15) is 39.5 Å². The molecule has 0 aliphatic carbocycles. The summed E-state index contributed by atoms with van der Waals surface area (Å²) < 4.78 is 41.3. The molecule has 8 nitrogen and oxygen atoms in total. The number of ether oxygens (including phenoxy) is 1. The highest BCUT2D eigenvalue weighted by atomic mass is 31.2. The molecule has 0 heterocycles. The molecule has 0 fully saturated rings. The average molecular weight is 391 g/mol. The maximum Gasteiger partial charge on any atom is 0.570 e. The summed E-state index contributed by atoms with van der Waals surface area (Å²) in [5, 5.41) is 0.